The predicted molar refractivity (Wildman–Crippen MR) is 123 cm³/mol. The number of tetrazole rings is 1. The summed E-state index contributed by atoms with van der Waals surface area (Å²) in [6, 6.07) is 0. The highest BCUT2D eigenvalue weighted by Crippen LogP contribution is 2.30. The minimum atomic E-state index is 0.493. The fourth-order valence-corrected chi connectivity index (χ4v) is 3.16. The van der Waals surface area contributed by atoms with Gasteiger partial charge < -0.3 is 4.90 Å². The number of hydrogen-bond donors (Lipinski definition) is 1. The van der Waals surface area contributed by atoms with Gasteiger partial charge in [0.15, 0.2) is 0 Å². The fourth-order valence-electron chi connectivity index (χ4n) is 2.49. The SMILES string of the molecule is C=C/C=C\C(=C)C(=C\N(CCCC)CCCC)/C(=C\C(=C)c1nn[nH]n1)SC. The van der Waals surface area contributed by atoms with Crippen LogP contribution in [0, 0.1) is 0 Å². The molecule has 0 aliphatic heterocycles. The topological polar surface area (TPSA) is 57.7 Å². The molecule has 0 saturated carbocycles. The Kier molecular flexibility index (Phi) is 11.7. The van der Waals surface area contributed by atoms with Crippen LogP contribution in [-0.2, 0) is 0 Å². The number of nitrogens with zero attached hydrogens (tertiary/aromatic N) is 4. The lowest BCUT2D eigenvalue weighted by Gasteiger charge is -2.23. The van der Waals surface area contributed by atoms with Gasteiger partial charge in [-0.3, -0.25) is 0 Å². The Morgan fingerprint density at radius 2 is 1.86 bits per heavy atom. The summed E-state index contributed by atoms with van der Waals surface area (Å²) < 4.78 is 0. The zero-order valence-corrected chi connectivity index (χ0v) is 18.3. The molecule has 0 bridgehead atoms. The predicted octanol–water partition coefficient (Wildman–Crippen LogP) is 5.54. The Labute approximate surface area is 174 Å². The average Bonchev–Trinajstić information content (AvgIpc) is 3.25. The van der Waals surface area contributed by atoms with E-state index in [1.165, 1.54) is 12.8 Å². The first-order chi connectivity index (χ1) is 13.6. The molecule has 1 aromatic rings. The maximum Gasteiger partial charge on any atom is 0.204 e. The smallest absolute Gasteiger partial charge is 0.204 e. The van der Waals surface area contributed by atoms with Crippen LogP contribution in [0.2, 0.25) is 0 Å². The van der Waals surface area contributed by atoms with E-state index in [9.17, 15) is 0 Å². The summed E-state index contributed by atoms with van der Waals surface area (Å²) in [4.78, 5) is 3.46. The van der Waals surface area contributed by atoms with Gasteiger partial charge in [-0.15, -0.1) is 22.0 Å². The summed E-state index contributed by atoms with van der Waals surface area (Å²) in [5, 5.41) is 14.1. The van der Waals surface area contributed by atoms with Crippen molar-refractivity contribution in [1.82, 2.24) is 25.5 Å². The lowest BCUT2D eigenvalue weighted by atomic mass is 10.1. The highest BCUT2D eigenvalue weighted by molar-refractivity contribution is 8.02. The van der Waals surface area contributed by atoms with Crippen molar-refractivity contribution in [2.75, 3.05) is 19.3 Å². The third-order valence-electron chi connectivity index (χ3n) is 4.11. The van der Waals surface area contributed by atoms with E-state index >= 15 is 0 Å². The highest BCUT2D eigenvalue weighted by atomic mass is 32.2. The molecule has 0 atom stereocenters. The largest absolute Gasteiger partial charge is 0.377 e. The van der Waals surface area contributed by atoms with Crippen LogP contribution in [0.4, 0.5) is 0 Å². The fraction of sp³-hybridized carbons (Fsp3) is 0.409. The van der Waals surface area contributed by atoms with Crippen LogP contribution in [0.5, 0.6) is 0 Å². The van der Waals surface area contributed by atoms with Gasteiger partial charge in [0.2, 0.25) is 5.82 Å². The molecule has 0 unspecified atom stereocenters. The van der Waals surface area contributed by atoms with Gasteiger partial charge in [0, 0.05) is 35.3 Å². The molecule has 0 spiro atoms. The van der Waals surface area contributed by atoms with E-state index in [1.54, 1.807) is 17.8 Å². The molecule has 1 rings (SSSR count). The molecule has 0 aliphatic rings. The second-order valence-corrected chi connectivity index (χ2v) is 7.23. The standard InChI is InChI=1S/C22H33N5S/c1-7-10-13-18(4)20(17-27(14-11-8-2)15-12-9-3)21(28-6)16-19(5)22-23-25-26-24-22/h7,10,13,16-17H,1,4-5,8-9,11-12,14-15H2,2-3,6H3,(H,23,24,25,26)/b13-10-,20-17+,21-16+. The Morgan fingerprint density at radius 3 is 2.36 bits per heavy atom. The first-order valence-electron chi connectivity index (χ1n) is 9.70. The van der Waals surface area contributed by atoms with E-state index in [1.807, 2.05) is 18.2 Å². The third kappa shape index (κ3) is 8.13. The molecule has 28 heavy (non-hydrogen) atoms. The van der Waals surface area contributed by atoms with Crippen LogP contribution in [0.25, 0.3) is 5.57 Å². The molecule has 152 valence electrons. The molecule has 0 aromatic carbocycles. The quantitative estimate of drug-likeness (QED) is 0.416. The molecule has 0 fully saturated rings. The second kappa shape index (κ2) is 13.8. The normalized spacial score (nSPS) is 12.4. The first-order valence-corrected chi connectivity index (χ1v) is 10.9. The summed E-state index contributed by atoms with van der Waals surface area (Å²) in [5.41, 5.74) is 2.71. The van der Waals surface area contributed by atoms with Crippen LogP contribution in [0.3, 0.4) is 0 Å². The van der Waals surface area contributed by atoms with Gasteiger partial charge in [-0.2, -0.15) is 5.21 Å². The molecule has 0 saturated heterocycles. The summed E-state index contributed by atoms with van der Waals surface area (Å²) >= 11 is 1.65. The molecule has 0 radical (unpaired) electrons. The van der Waals surface area contributed by atoms with Crippen molar-refractivity contribution in [2.24, 2.45) is 0 Å². The molecule has 6 heteroatoms. The van der Waals surface area contributed by atoms with Crippen LogP contribution < -0.4 is 0 Å². The molecule has 1 heterocycles. The minimum absolute atomic E-state index is 0.493. The van der Waals surface area contributed by atoms with E-state index < -0.39 is 0 Å². The van der Waals surface area contributed by atoms with Gasteiger partial charge in [-0.1, -0.05) is 64.7 Å². The lowest BCUT2D eigenvalue weighted by Crippen LogP contribution is -2.21. The molecule has 1 aromatic heterocycles. The monoisotopic (exact) mass is 399 g/mol. The van der Waals surface area contributed by atoms with E-state index in [4.69, 9.17) is 0 Å². The number of allylic oxidation sites excluding steroid dienone is 7. The van der Waals surface area contributed by atoms with Crippen molar-refractivity contribution in [3.8, 4) is 0 Å². The van der Waals surface area contributed by atoms with Gasteiger partial charge >= 0.3 is 0 Å². The number of aromatic nitrogens is 4. The zero-order valence-electron chi connectivity index (χ0n) is 17.4. The molecule has 1 N–H and O–H groups in total. The van der Waals surface area contributed by atoms with Crippen molar-refractivity contribution in [3.63, 3.8) is 0 Å². The van der Waals surface area contributed by atoms with Crippen LogP contribution >= 0.6 is 11.8 Å². The van der Waals surface area contributed by atoms with E-state index in [-0.39, 0.29) is 0 Å². The van der Waals surface area contributed by atoms with Crippen LogP contribution in [0.1, 0.15) is 45.4 Å². The Balaban J connectivity index is 3.29. The molecule has 0 amide bonds. The van der Waals surface area contributed by atoms with Crippen molar-refractivity contribution < 1.29 is 0 Å². The van der Waals surface area contributed by atoms with Crippen LogP contribution in [0.15, 0.2) is 66.3 Å². The Hall–Kier alpha value is -2.34. The van der Waals surface area contributed by atoms with E-state index in [0.717, 1.165) is 42.0 Å². The second-order valence-electron chi connectivity index (χ2n) is 6.38. The number of nitrogens with one attached hydrogen (secondary N) is 1. The average molecular weight is 400 g/mol. The first kappa shape index (κ1) is 23.7. The Bertz CT molecular complexity index is 705. The summed E-state index contributed by atoms with van der Waals surface area (Å²) in [6.45, 7) is 18.6. The van der Waals surface area contributed by atoms with Gasteiger partial charge in [-0.05, 0) is 36.0 Å². The number of thioether (sulfide) groups is 1. The van der Waals surface area contributed by atoms with Gasteiger partial charge in [-0.25, -0.2) is 0 Å². The summed E-state index contributed by atoms with van der Waals surface area (Å²) in [5.74, 6) is 0.493. The molecule has 0 aliphatic carbocycles. The van der Waals surface area contributed by atoms with Gasteiger partial charge in [0.1, 0.15) is 0 Å². The van der Waals surface area contributed by atoms with E-state index in [0.29, 0.717) is 11.4 Å². The maximum atomic E-state index is 4.28. The van der Waals surface area contributed by atoms with E-state index in [2.05, 4.69) is 71.6 Å². The van der Waals surface area contributed by atoms with Gasteiger partial charge in [0.05, 0.1) is 0 Å². The zero-order chi connectivity index (χ0) is 20.8. The molecular formula is C22H33N5S. The number of H-pyrrole nitrogens is 1. The van der Waals surface area contributed by atoms with Crippen molar-refractivity contribution in [1.29, 1.82) is 0 Å². The number of unbranched alkanes of at least 4 members (excludes halogenated alkanes) is 2. The summed E-state index contributed by atoms with van der Waals surface area (Å²) in [6.07, 6.45) is 16.6. The summed E-state index contributed by atoms with van der Waals surface area (Å²) in [7, 11) is 0. The van der Waals surface area contributed by atoms with Crippen molar-refractivity contribution >= 4 is 17.3 Å². The number of hydrogen-bond acceptors (Lipinski definition) is 5. The third-order valence-corrected chi connectivity index (χ3v) is 4.89. The maximum absolute atomic E-state index is 4.28. The lowest BCUT2D eigenvalue weighted by molar-refractivity contribution is 0.358. The van der Waals surface area contributed by atoms with Crippen molar-refractivity contribution in [3.05, 3.63) is 72.1 Å². The Morgan fingerprint density at radius 1 is 1.18 bits per heavy atom. The highest BCUT2D eigenvalue weighted by Gasteiger charge is 2.12. The van der Waals surface area contributed by atoms with Crippen LogP contribution in [-0.4, -0.2) is 44.9 Å². The molecular weight excluding hydrogens is 366 g/mol. The number of rotatable bonds is 14. The van der Waals surface area contributed by atoms with Gasteiger partial charge in [0.25, 0.3) is 0 Å². The molecule has 5 nitrogen and oxygen atoms in total. The number of aromatic amines is 1. The van der Waals surface area contributed by atoms with Crippen molar-refractivity contribution in [2.45, 2.75) is 39.5 Å². The minimum Gasteiger partial charge on any atom is -0.377 e.